The van der Waals surface area contributed by atoms with Crippen LogP contribution in [0.4, 0.5) is 0 Å². The third-order valence-electron chi connectivity index (χ3n) is 2.65. The second-order valence-electron chi connectivity index (χ2n) is 3.63. The van der Waals surface area contributed by atoms with E-state index in [1.54, 1.807) is 0 Å². The minimum atomic E-state index is 0.991. The molecule has 0 bridgehead atoms. The predicted octanol–water partition coefficient (Wildman–Crippen LogP) is 1.36. The smallest absolute Gasteiger partial charge is 0.205 e. The Morgan fingerprint density at radius 3 is 2.36 bits per heavy atom. The zero-order chi connectivity index (χ0) is 10.3. The second kappa shape index (κ2) is 3.01. The molecule has 1 aromatic heterocycles. The fourth-order valence-electron chi connectivity index (χ4n) is 1.93. The molecule has 3 heteroatoms. The Kier molecular flexibility index (Phi) is 1.95. The predicted molar refractivity (Wildman–Crippen MR) is 58.1 cm³/mol. The van der Waals surface area contributed by atoms with Gasteiger partial charge < -0.3 is 9.13 Å². The van der Waals surface area contributed by atoms with E-state index in [4.69, 9.17) is 0 Å². The molecule has 3 nitrogen and oxygen atoms in total. The molecule has 74 valence electrons. The first-order chi connectivity index (χ1) is 6.65. The standard InChI is InChI=1S/C11H15N3/c1-8-5-6-9-10(7-8)14(4)11(12-2)13(9)3/h5-7H,1-4H3/b12-11-. The number of benzene rings is 1. The van der Waals surface area contributed by atoms with E-state index in [0.717, 1.165) is 5.62 Å². The highest BCUT2D eigenvalue weighted by Crippen LogP contribution is 2.12. The Hall–Kier alpha value is -1.51. The lowest BCUT2D eigenvalue weighted by atomic mass is 10.2. The second-order valence-corrected chi connectivity index (χ2v) is 3.63. The van der Waals surface area contributed by atoms with Crippen molar-refractivity contribution in [1.82, 2.24) is 9.13 Å². The highest BCUT2D eigenvalue weighted by Gasteiger charge is 2.04. The molecule has 2 aromatic rings. The van der Waals surface area contributed by atoms with Crippen molar-refractivity contribution in [1.29, 1.82) is 0 Å². The molecule has 0 aliphatic rings. The van der Waals surface area contributed by atoms with Crippen LogP contribution in [0.5, 0.6) is 0 Å². The van der Waals surface area contributed by atoms with E-state index in [9.17, 15) is 0 Å². The molecule has 1 aromatic carbocycles. The third-order valence-corrected chi connectivity index (χ3v) is 2.65. The summed E-state index contributed by atoms with van der Waals surface area (Å²) in [5.74, 6) is 0. The van der Waals surface area contributed by atoms with Crippen molar-refractivity contribution in [3.63, 3.8) is 0 Å². The number of aryl methyl sites for hydroxylation is 3. The Bertz CT molecular complexity index is 543. The average Bonchev–Trinajstić information content (AvgIpc) is 2.39. The van der Waals surface area contributed by atoms with Gasteiger partial charge in [0.2, 0.25) is 5.62 Å². The molecule has 0 N–H and O–H groups in total. The van der Waals surface area contributed by atoms with Crippen LogP contribution in [0.15, 0.2) is 23.2 Å². The number of aromatic nitrogens is 2. The topological polar surface area (TPSA) is 22.2 Å². The van der Waals surface area contributed by atoms with Gasteiger partial charge in [-0.25, -0.2) is 0 Å². The number of imidazole rings is 1. The minimum Gasteiger partial charge on any atom is -0.313 e. The Morgan fingerprint density at radius 2 is 1.71 bits per heavy atom. The fourth-order valence-corrected chi connectivity index (χ4v) is 1.93. The lowest BCUT2D eigenvalue weighted by molar-refractivity contribution is 0.756. The van der Waals surface area contributed by atoms with Gasteiger partial charge in [-0.3, -0.25) is 4.99 Å². The molecule has 0 saturated carbocycles. The summed E-state index contributed by atoms with van der Waals surface area (Å²) in [6.07, 6.45) is 0. The Morgan fingerprint density at radius 1 is 1.07 bits per heavy atom. The van der Waals surface area contributed by atoms with Crippen LogP contribution in [0.2, 0.25) is 0 Å². The van der Waals surface area contributed by atoms with Gasteiger partial charge in [-0.05, 0) is 24.6 Å². The first kappa shape index (κ1) is 9.06. The molecule has 0 aliphatic carbocycles. The van der Waals surface area contributed by atoms with E-state index in [-0.39, 0.29) is 0 Å². The third kappa shape index (κ3) is 1.09. The van der Waals surface area contributed by atoms with Gasteiger partial charge in [0, 0.05) is 21.1 Å². The zero-order valence-corrected chi connectivity index (χ0v) is 9.07. The van der Waals surface area contributed by atoms with Crippen molar-refractivity contribution in [2.45, 2.75) is 6.92 Å². The summed E-state index contributed by atoms with van der Waals surface area (Å²) in [7, 11) is 5.91. The van der Waals surface area contributed by atoms with Crippen molar-refractivity contribution in [2.75, 3.05) is 7.05 Å². The number of nitrogens with zero attached hydrogens (tertiary/aromatic N) is 3. The van der Waals surface area contributed by atoms with E-state index in [1.165, 1.54) is 16.6 Å². The lowest BCUT2D eigenvalue weighted by Gasteiger charge is -1.95. The van der Waals surface area contributed by atoms with Crippen LogP contribution in [0.3, 0.4) is 0 Å². The van der Waals surface area contributed by atoms with Gasteiger partial charge in [-0.1, -0.05) is 6.07 Å². The van der Waals surface area contributed by atoms with E-state index in [1.807, 2.05) is 21.1 Å². The normalized spacial score (nSPS) is 12.7. The Labute approximate surface area is 83.3 Å². The molecule has 2 rings (SSSR count). The van der Waals surface area contributed by atoms with Crippen molar-refractivity contribution in [3.8, 4) is 0 Å². The molecular weight excluding hydrogens is 174 g/mol. The lowest BCUT2D eigenvalue weighted by Crippen LogP contribution is -2.21. The van der Waals surface area contributed by atoms with Crippen LogP contribution in [-0.4, -0.2) is 16.2 Å². The molecule has 0 fully saturated rings. The van der Waals surface area contributed by atoms with Crippen molar-refractivity contribution >= 4 is 11.0 Å². The van der Waals surface area contributed by atoms with E-state index in [2.05, 4.69) is 39.2 Å². The fraction of sp³-hybridized carbons (Fsp3) is 0.364. The molecule has 0 aliphatic heterocycles. The molecular formula is C11H15N3. The van der Waals surface area contributed by atoms with Crippen LogP contribution < -0.4 is 5.62 Å². The summed E-state index contributed by atoms with van der Waals surface area (Å²) in [6.45, 7) is 2.11. The average molecular weight is 189 g/mol. The maximum Gasteiger partial charge on any atom is 0.205 e. The highest BCUT2D eigenvalue weighted by molar-refractivity contribution is 5.76. The number of hydrogen-bond acceptors (Lipinski definition) is 1. The van der Waals surface area contributed by atoms with Gasteiger partial charge in [-0.15, -0.1) is 0 Å². The van der Waals surface area contributed by atoms with Gasteiger partial charge in [-0.2, -0.15) is 0 Å². The van der Waals surface area contributed by atoms with Gasteiger partial charge in [0.15, 0.2) is 0 Å². The molecule has 0 saturated heterocycles. The van der Waals surface area contributed by atoms with Gasteiger partial charge in [0.25, 0.3) is 0 Å². The van der Waals surface area contributed by atoms with Crippen LogP contribution in [0.1, 0.15) is 5.56 Å². The van der Waals surface area contributed by atoms with E-state index < -0.39 is 0 Å². The van der Waals surface area contributed by atoms with Crippen molar-refractivity contribution < 1.29 is 0 Å². The van der Waals surface area contributed by atoms with E-state index in [0.29, 0.717) is 0 Å². The van der Waals surface area contributed by atoms with Gasteiger partial charge in [0.05, 0.1) is 11.0 Å². The summed E-state index contributed by atoms with van der Waals surface area (Å²) < 4.78 is 4.22. The SMILES string of the molecule is C/N=c1/n(C)c2ccc(C)cc2n1C. The van der Waals surface area contributed by atoms with Gasteiger partial charge in [0.1, 0.15) is 0 Å². The first-order valence-electron chi connectivity index (χ1n) is 4.70. The Balaban J connectivity index is 3.02. The molecule has 0 radical (unpaired) electrons. The van der Waals surface area contributed by atoms with Crippen molar-refractivity contribution in [3.05, 3.63) is 29.4 Å². The molecule has 0 spiro atoms. The summed E-state index contributed by atoms with van der Waals surface area (Å²) in [4.78, 5) is 4.26. The molecule has 1 heterocycles. The first-order valence-corrected chi connectivity index (χ1v) is 4.70. The largest absolute Gasteiger partial charge is 0.313 e. The number of fused-ring (bicyclic) bond motifs is 1. The van der Waals surface area contributed by atoms with E-state index >= 15 is 0 Å². The van der Waals surface area contributed by atoms with Gasteiger partial charge >= 0.3 is 0 Å². The summed E-state index contributed by atoms with van der Waals surface area (Å²) in [5.41, 5.74) is 4.72. The monoisotopic (exact) mass is 189 g/mol. The summed E-state index contributed by atoms with van der Waals surface area (Å²) in [6, 6.07) is 6.45. The van der Waals surface area contributed by atoms with Crippen LogP contribution in [0, 0.1) is 6.92 Å². The summed E-state index contributed by atoms with van der Waals surface area (Å²) in [5, 5.41) is 0. The number of hydrogen-bond donors (Lipinski definition) is 0. The minimum absolute atomic E-state index is 0.991. The zero-order valence-electron chi connectivity index (χ0n) is 9.07. The molecule has 0 amide bonds. The van der Waals surface area contributed by atoms with Crippen LogP contribution in [0.25, 0.3) is 11.0 Å². The summed E-state index contributed by atoms with van der Waals surface area (Å²) >= 11 is 0. The number of rotatable bonds is 0. The molecule has 14 heavy (non-hydrogen) atoms. The highest BCUT2D eigenvalue weighted by atomic mass is 15.2. The molecule has 0 unspecified atom stereocenters. The maximum absolute atomic E-state index is 4.26. The molecule has 0 atom stereocenters. The quantitative estimate of drug-likeness (QED) is 0.597. The maximum atomic E-state index is 4.26. The van der Waals surface area contributed by atoms with Crippen molar-refractivity contribution in [2.24, 2.45) is 19.1 Å². The van der Waals surface area contributed by atoms with Crippen LogP contribution >= 0.6 is 0 Å². The van der Waals surface area contributed by atoms with Crippen LogP contribution in [-0.2, 0) is 14.1 Å².